The Hall–Kier alpha value is -3.72. The van der Waals surface area contributed by atoms with Crippen LogP contribution < -0.4 is 4.74 Å². The van der Waals surface area contributed by atoms with Crippen molar-refractivity contribution in [2.24, 2.45) is 0 Å². The topological polar surface area (TPSA) is 92.0 Å². The maximum absolute atomic E-state index is 12.7. The van der Waals surface area contributed by atoms with E-state index in [0.29, 0.717) is 57.2 Å². The Bertz CT molecular complexity index is 1120. The summed E-state index contributed by atoms with van der Waals surface area (Å²) in [6.07, 6.45) is 1.12. The lowest BCUT2D eigenvalue weighted by molar-refractivity contribution is -0.132. The van der Waals surface area contributed by atoms with Gasteiger partial charge in [0.1, 0.15) is 5.75 Å². The Morgan fingerprint density at radius 1 is 1.00 bits per heavy atom. The summed E-state index contributed by atoms with van der Waals surface area (Å²) in [6, 6.07) is 17.5. The highest BCUT2D eigenvalue weighted by atomic mass is 16.5. The number of benzene rings is 2. The minimum atomic E-state index is 0.0361. The molecule has 9 nitrogen and oxygen atoms in total. The number of methoxy groups -OCH3 is 1. The Kier molecular flexibility index (Phi) is 8.67. The molecule has 2 aromatic carbocycles. The van der Waals surface area contributed by atoms with Crippen molar-refractivity contribution in [3.05, 3.63) is 77.4 Å². The maximum Gasteiger partial charge on any atom is 0.227 e. The molecular weight excluding hydrogens is 458 g/mol. The zero-order chi connectivity index (χ0) is 25.3. The van der Waals surface area contributed by atoms with Crippen molar-refractivity contribution in [1.29, 1.82) is 0 Å². The molecule has 0 bridgehead atoms. The molecule has 0 unspecified atom stereocenters. The molecule has 0 radical (unpaired) electrons. The summed E-state index contributed by atoms with van der Waals surface area (Å²) in [5.74, 6) is 2.02. The molecule has 9 heteroatoms. The standard InChI is InChI=1S/C27H33N5O4/c1-30(19-22-6-4-3-5-7-22)26(33)13-12-25-28-24(29-36-25)20-31-14-16-32(17-15-31)27(34)18-21-8-10-23(35-2)11-9-21/h3-11H,12-20H2,1-2H3. The van der Waals surface area contributed by atoms with Crippen LogP contribution in [0.5, 0.6) is 5.75 Å². The van der Waals surface area contributed by atoms with Crippen LogP contribution in [0, 0.1) is 0 Å². The van der Waals surface area contributed by atoms with Gasteiger partial charge in [0.15, 0.2) is 5.82 Å². The third-order valence-corrected chi connectivity index (χ3v) is 6.36. The molecule has 1 fully saturated rings. The Morgan fingerprint density at radius 3 is 2.42 bits per heavy atom. The second kappa shape index (κ2) is 12.3. The van der Waals surface area contributed by atoms with E-state index in [0.717, 1.165) is 30.0 Å². The van der Waals surface area contributed by atoms with Crippen LogP contribution in [0.4, 0.5) is 0 Å². The van der Waals surface area contributed by atoms with E-state index in [-0.39, 0.29) is 11.8 Å². The Morgan fingerprint density at radius 2 is 1.72 bits per heavy atom. The van der Waals surface area contributed by atoms with Gasteiger partial charge in [-0.3, -0.25) is 14.5 Å². The average Bonchev–Trinajstić information content (AvgIpc) is 3.35. The monoisotopic (exact) mass is 491 g/mol. The molecule has 3 aromatic rings. The zero-order valence-electron chi connectivity index (χ0n) is 20.9. The summed E-state index contributed by atoms with van der Waals surface area (Å²) in [5.41, 5.74) is 2.07. The number of amides is 2. The number of carbonyl (C=O) groups is 2. The minimum absolute atomic E-state index is 0.0361. The van der Waals surface area contributed by atoms with Crippen LogP contribution in [0.15, 0.2) is 59.1 Å². The highest BCUT2D eigenvalue weighted by Gasteiger charge is 2.22. The van der Waals surface area contributed by atoms with Crippen molar-refractivity contribution < 1.29 is 18.8 Å². The van der Waals surface area contributed by atoms with E-state index in [1.54, 1.807) is 19.1 Å². The lowest BCUT2D eigenvalue weighted by Crippen LogP contribution is -2.48. The molecule has 1 saturated heterocycles. The largest absolute Gasteiger partial charge is 0.497 e. The fraction of sp³-hybridized carbons (Fsp3) is 0.407. The normalized spacial score (nSPS) is 14.0. The summed E-state index contributed by atoms with van der Waals surface area (Å²) in [7, 11) is 3.43. The third kappa shape index (κ3) is 7.14. The first-order valence-corrected chi connectivity index (χ1v) is 12.2. The van der Waals surface area contributed by atoms with E-state index in [1.807, 2.05) is 59.5 Å². The van der Waals surface area contributed by atoms with Gasteiger partial charge >= 0.3 is 0 Å². The first-order valence-electron chi connectivity index (χ1n) is 12.2. The van der Waals surface area contributed by atoms with Crippen molar-refractivity contribution in [3.8, 4) is 5.75 Å². The van der Waals surface area contributed by atoms with Crippen LogP contribution in [0.2, 0.25) is 0 Å². The number of ether oxygens (including phenoxy) is 1. The van der Waals surface area contributed by atoms with Crippen LogP contribution in [-0.4, -0.2) is 77.0 Å². The molecule has 0 saturated carbocycles. The van der Waals surface area contributed by atoms with Gasteiger partial charge in [0.05, 0.1) is 20.1 Å². The molecule has 0 atom stereocenters. The molecule has 0 spiro atoms. The molecule has 2 heterocycles. The molecule has 4 rings (SSSR count). The lowest BCUT2D eigenvalue weighted by atomic mass is 10.1. The van der Waals surface area contributed by atoms with Gasteiger partial charge in [-0.2, -0.15) is 4.98 Å². The number of hydrogen-bond acceptors (Lipinski definition) is 7. The van der Waals surface area contributed by atoms with Crippen molar-refractivity contribution in [1.82, 2.24) is 24.8 Å². The van der Waals surface area contributed by atoms with Gasteiger partial charge in [-0.1, -0.05) is 47.6 Å². The van der Waals surface area contributed by atoms with Crippen LogP contribution in [0.1, 0.15) is 29.3 Å². The number of rotatable bonds is 10. The van der Waals surface area contributed by atoms with Gasteiger partial charge in [-0.25, -0.2) is 0 Å². The molecule has 36 heavy (non-hydrogen) atoms. The highest BCUT2D eigenvalue weighted by molar-refractivity contribution is 5.79. The summed E-state index contributed by atoms with van der Waals surface area (Å²) < 4.78 is 10.5. The second-order valence-corrected chi connectivity index (χ2v) is 9.02. The minimum Gasteiger partial charge on any atom is -0.497 e. The van der Waals surface area contributed by atoms with Crippen molar-refractivity contribution in [2.75, 3.05) is 40.3 Å². The molecule has 2 amide bonds. The van der Waals surface area contributed by atoms with Crippen LogP contribution in [0.3, 0.4) is 0 Å². The lowest BCUT2D eigenvalue weighted by Gasteiger charge is -2.34. The zero-order valence-corrected chi connectivity index (χ0v) is 20.9. The van der Waals surface area contributed by atoms with Gasteiger partial charge < -0.3 is 19.1 Å². The third-order valence-electron chi connectivity index (χ3n) is 6.36. The summed E-state index contributed by atoms with van der Waals surface area (Å²) in [4.78, 5) is 35.4. The summed E-state index contributed by atoms with van der Waals surface area (Å²) >= 11 is 0. The predicted octanol–water partition coefficient (Wildman–Crippen LogP) is 2.56. The van der Waals surface area contributed by atoms with E-state index >= 15 is 0 Å². The second-order valence-electron chi connectivity index (χ2n) is 9.02. The van der Waals surface area contributed by atoms with Crippen molar-refractivity contribution in [2.45, 2.75) is 32.4 Å². The summed E-state index contributed by atoms with van der Waals surface area (Å²) in [5, 5.41) is 4.08. The first-order chi connectivity index (χ1) is 17.5. The van der Waals surface area contributed by atoms with Crippen LogP contribution in [0.25, 0.3) is 0 Å². The predicted molar refractivity (Wildman–Crippen MR) is 134 cm³/mol. The number of hydrogen-bond donors (Lipinski definition) is 0. The Labute approximate surface area is 211 Å². The first kappa shape index (κ1) is 25.4. The molecule has 0 N–H and O–H groups in total. The van der Waals surface area contributed by atoms with E-state index in [4.69, 9.17) is 9.26 Å². The average molecular weight is 492 g/mol. The van der Waals surface area contributed by atoms with Gasteiger partial charge in [0, 0.05) is 52.6 Å². The van der Waals surface area contributed by atoms with E-state index < -0.39 is 0 Å². The van der Waals surface area contributed by atoms with Gasteiger partial charge in [-0.15, -0.1) is 0 Å². The van der Waals surface area contributed by atoms with Crippen LogP contribution in [-0.2, 0) is 35.5 Å². The molecule has 1 aliphatic heterocycles. The smallest absolute Gasteiger partial charge is 0.227 e. The van der Waals surface area contributed by atoms with Gasteiger partial charge in [0.2, 0.25) is 17.7 Å². The Balaban J connectivity index is 1.17. The summed E-state index contributed by atoms with van der Waals surface area (Å²) in [6.45, 7) is 3.97. The molecule has 0 aliphatic carbocycles. The number of piperazine rings is 1. The van der Waals surface area contributed by atoms with E-state index in [9.17, 15) is 9.59 Å². The quantitative estimate of drug-likeness (QED) is 0.430. The number of aromatic nitrogens is 2. The van der Waals surface area contributed by atoms with Gasteiger partial charge in [-0.05, 0) is 23.3 Å². The van der Waals surface area contributed by atoms with E-state index in [1.165, 1.54) is 0 Å². The van der Waals surface area contributed by atoms with Crippen LogP contribution >= 0.6 is 0 Å². The number of carbonyl (C=O) groups excluding carboxylic acids is 2. The molecule has 1 aromatic heterocycles. The van der Waals surface area contributed by atoms with Crippen molar-refractivity contribution >= 4 is 11.8 Å². The van der Waals surface area contributed by atoms with E-state index in [2.05, 4.69) is 15.0 Å². The highest BCUT2D eigenvalue weighted by Crippen LogP contribution is 2.14. The SMILES string of the molecule is COc1ccc(CC(=O)N2CCN(Cc3noc(CCC(=O)N(C)Cc4ccccc4)n3)CC2)cc1. The number of nitrogens with zero attached hydrogens (tertiary/aromatic N) is 5. The molecule has 1 aliphatic rings. The molecule has 190 valence electrons. The van der Waals surface area contributed by atoms with Crippen molar-refractivity contribution in [3.63, 3.8) is 0 Å². The fourth-order valence-electron chi connectivity index (χ4n) is 4.19. The maximum atomic E-state index is 12.7. The van der Waals surface area contributed by atoms with Gasteiger partial charge in [0.25, 0.3) is 0 Å². The molecular formula is C27H33N5O4. The fourth-order valence-corrected chi connectivity index (χ4v) is 4.19. The number of aryl methyl sites for hydroxylation is 1.